The Morgan fingerprint density at radius 3 is 2.83 bits per heavy atom. The number of nitrogens with two attached hydrogens (primary N) is 1. The first-order valence-corrected chi connectivity index (χ1v) is 11.9. The molecule has 2 atom stereocenters. The number of nitrogens with zero attached hydrogens (tertiary/aromatic N) is 2. The summed E-state index contributed by atoms with van der Waals surface area (Å²) in [5, 5.41) is 4.08. The molecule has 0 unspecified atom stereocenters. The van der Waals surface area contributed by atoms with E-state index in [1.807, 2.05) is 18.2 Å². The van der Waals surface area contributed by atoms with Crippen molar-refractivity contribution >= 4 is 56.9 Å². The molecule has 35 heavy (non-hydrogen) atoms. The highest BCUT2D eigenvalue weighted by Crippen LogP contribution is 2.46. The lowest BCUT2D eigenvalue weighted by atomic mass is 10.0. The van der Waals surface area contributed by atoms with E-state index in [9.17, 15) is 4.79 Å². The van der Waals surface area contributed by atoms with Crippen LogP contribution in [0.15, 0.2) is 42.6 Å². The van der Waals surface area contributed by atoms with Crippen molar-refractivity contribution in [2.45, 2.75) is 18.5 Å². The van der Waals surface area contributed by atoms with E-state index in [0.29, 0.717) is 46.3 Å². The van der Waals surface area contributed by atoms with E-state index in [2.05, 4.69) is 15.3 Å². The molecule has 0 radical (unpaired) electrons. The summed E-state index contributed by atoms with van der Waals surface area (Å²) in [6, 6.07) is 7.12. The molecular formula is C24H23Cl3N4O4. The van der Waals surface area contributed by atoms with Gasteiger partial charge in [-0.25, -0.2) is 9.97 Å². The average molecular weight is 538 g/mol. The molecule has 1 aliphatic heterocycles. The van der Waals surface area contributed by atoms with Gasteiger partial charge >= 0.3 is 0 Å². The summed E-state index contributed by atoms with van der Waals surface area (Å²) in [4.78, 5) is 19.9. The van der Waals surface area contributed by atoms with E-state index < -0.39 is 5.24 Å². The van der Waals surface area contributed by atoms with Crippen LogP contribution in [-0.4, -0.2) is 54.2 Å². The number of anilines is 1. The molecule has 3 N–H and O–H groups in total. The Balaban J connectivity index is 1.64. The van der Waals surface area contributed by atoms with Crippen molar-refractivity contribution < 1.29 is 19.0 Å². The van der Waals surface area contributed by atoms with Gasteiger partial charge in [0.25, 0.3) is 0 Å². The number of methoxy groups -OCH3 is 1. The molecule has 2 aromatic carbocycles. The topological polar surface area (TPSA) is 109 Å². The number of fused-ring (bicyclic) bond motifs is 1. The van der Waals surface area contributed by atoms with Crippen molar-refractivity contribution in [3.05, 3.63) is 52.7 Å². The minimum Gasteiger partial charge on any atom is -0.495 e. The minimum absolute atomic E-state index is 0.0231. The normalized spacial score (nSPS) is 18.1. The minimum atomic E-state index is -0.597. The van der Waals surface area contributed by atoms with Crippen LogP contribution in [0.5, 0.6) is 11.5 Å². The predicted molar refractivity (Wildman–Crippen MR) is 138 cm³/mol. The molecule has 0 amide bonds. The lowest BCUT2D eigenvalue weighted by molar-refractivity contribution is -0.107. The van der Waals surface area contributed by atoms with Crippen LogP contribution >= 0.6 is 34.8 Å². The lowest BCUT2D eigenvalue weighted by Crippen LogP contribution is -2.47. The second-order valence-corrected chi connectivity index (χ2v) is 8.97. The maximum Gasteiger partial charge on any atom is 0.244 e. The molecule has 1 saturated heterocycles. The second kappa shape index (κ2) is 11.4. The average Bonchev–Trinajstić information content (AvgIpc) is 2.84. The van der Waals surface area contributed by atoms with Crippen molar-refractivity contribution in [3.63, 3.8) is 0 Å². The molecule has 184 valence electrons. The van der Waals surface area contributed by atoms with Crippen LogP contribution in [0.25, 0.3) is 22.0 Å². The molecular weight excluding hydrogens is 515 g/mol. The molecule has 1 fully saturated rings. The van der Waals surface area contributed by atoms with Crippen LogP contribution in [0.4, 0.5) is 5.95 Å². The van der Waals surface area contributed by atoms with Gasteiger partial charge in [0.1, 0.15) is 18.1 Å². The molecule has 0 bridgehead atoms. The maximum absolute atomic E-state index is 10.9. The third-order valence-corrected chi connectivity index (χ3v) is 6.41. The second-order valence-electron chi connectivity index (χ2n) is 7.84. The van der Waals surface area contributed by atoms with Gasteiger partial charge in [0.2, 0.25) is 11.2 Å². The summed E-state index contributed by atoms with van der Waals surface area (Å²) in [5.74, 6) is 1.21. The highest BCUT2D eigenvalue weighted by atomic mass is 35.5. The lowest BCUT2D eigenvalue weighted by Gasteiger charge is -2.29. The summed E-state index contributed by atoms with van der Waals surface area (Å²) >= 11 is 18.6. The zero-order valence-corrected chi connectivity index (χ0v) is 21.0. The molecule has 0 aliphatic carbocycles. The Bertz CT molecular complexity index is 1270. The molecule has 3 aromatic rings. The zero-order chi connectivity index (χ0) is 24.9. The largest absolute Gasteiger partial charge is 0.495 e. The van der Waals surface area contributed by atoms with E-state index in [-0.39, 0.29) is 18.7 Å². The number of halogens is 3. The van der Waals surface area contributed by atoms with Crippen molar-refractivity contribution in [2.75, 3.05) is 32.2 Å². The number of hydrogen-bond acceptors (Lipinski definition) is 8. The predicted octanol–water partition coefficient (Wildman–Crippen LogP) is 4.84. The smallest absolute Gasteiger partial charge is 0.244 e. The molecule has 4 rings (SSSR count). The number of benzene rings is 2. The number of rotatable bonds is 8. The van der Waals surface area contributed by atoms with Crippen molar-refractivity contribution in [1.82, 2.24) is 9.97 Å². The fourth-order valence-electron chi connectivity index (χ4n) is 3.70. The van der Waals surface area contributed by atoms with Gasteiger partial charge in [0, 0.05) is 35.9 Å². The van der Waals surface area contributed by atoms with Crippen molar-refractivity contribution in [1.29, 1.82) is 0 Å². The van der Waals surface area contributed by atoms with Crippen LogP contribution in [-0.2, 0) is 9.53 Å². The first-order valence-electron chi connectivity index (χ1n) is 10.8. The summed E-state index contributed by atoms with van der Waals surface area (Å²) < 4.78 is 16.6. The van der Waals surface area contributed by atoms with Gasteiger partial charge in [0.15, 0.2) is 0 Å². The number of allylic oxidation sites excluding steroid dienone is 1. The van der Waals surface area contributed by atoms with E-state index >= 15 is 0 Å². The first-order chi connectivity index (χ1) is 16.9. The number of carbonyl (C=O) groups is 1. The van der Waals surface area contributed by atoms with Crippen LogP contribution < -0.4 is 20.5 Å². The molecule has 0 spiro atoms. The summed E-state index contributed by atoms with van der Waals surface area (Å²) in [6.45, 7) is 1.25. The first kappa shape index (κ1) is 25.5. The van der Waals surface area contributed by atoms with Gasteiger partial charge in [-0.15, -0.1) is 0 Å². The SMILES string of the molecule is COc1cc(OC/C=C/C(=O)Cl)c(Cl)c(-c2ccc3nc(N[C@@H]4COCC[C@@H]4N)ncc3c2)c1Cl. The van der Waals surface area contributed by atoms with E-state index in [1.165, 1.54) is 19.3 Å². The van der Waals surface area contributed by atoms with E-state index in [4.69, 9.17) is 54.7 Å². The Morgan fingerprint density at radius 2 is 2.09 bits per heavy atom. The van der Waals surface area contributed by atoms with Gasteiger partial charge in [-0.3, -0.25) is 4.79 Å². The number of nitrogens with one attached hydrogen (secondary N) is 1. The Labute approximate surface area is 217 Å². The summed E-state index contributed by atoms with van der Waals surface area (Å²) in [7, 11) is 1.50. The van der Waals surface area contributed by atoms with Gasteiger partial charge in [-0.05, 0) is 47.9 Å². The van der Waals surface area contributed by atoms with Gasteiger partial charge in [-0.2, -0.15) is 0 Å². The third kappa shape index (κ3) is 5.97. The van der Waals surface area contributed by atoms with Crippen molar-refractivity contribution in [2.24, 2.45) is 5.73 Å². The molecule has 1 aromatic heterocycles. The van der Waals surface area contributed by atoms with Crippen LogP contribution in [0.3, 0.4) is 0 Å². The fourth-order valence-corrected chi connectivity index (χ4v) is 4.49. The number of ether oxygens (including phenoxy) is 3. The summed E-state index contributed by atoms with van der Waals surface area (Å²) in [5.41, 5.74) is 8.17. The summed E-state index contributed by atoms with van der Waals surface area (Å²) in [6.07, 6.45) is 5.18. The number of carbonyl (C=O) groups excluding carboxylic acids is 1. The third-order valence-electron chi connectivity index (χ3n) is 5.53. The Hall–Kier alpha value is -2.62. The Morgan fingerprint density at radius 1 is 1.29 bits per heavy atom. The van der Waals surface area contributed by atoms with Crippen LogP contribution in [0.2, 0.25) is 10.0 Å². The highest BCUT2D eigenvalue weighted by Gasteiger charge is 2.23. The van der Waals surface area contributed by atoms with Crippen LogP contribution in [0.1, 0.15) is 6.42 Å². The zero-order valence-electron chi connectivity index (χ0n) is 18.8. The monoisotopic (exact) mass is 536 g/mol. The fraction of sp³-hybridized carbons (Fsp3) is 0.292. The van der Waals surface area contributed by atoms with Gasteiger partial charge < -0.3 is 25.3 Å². The quantitative estimate of drug-likeness (QED) is 0.310. The van der Waals surface area contributed by atoms with Crippen molar-refractivity contribution in [3.8, 4) is 22.6 Å². The van der Waals surface area contributed by atoms with E-state index in [0.717, 1.165) is 22.9 Å². The van der Waals surface area contributed by atoms with E-state index in [1.54, 1.807) is 12.3 Å². The standard InChI is InChI=1S/C24H23Cl3N4O4/c1-33-18-10-19(35-7-2-3-20(25)32)23(27)21(22(18)26)13-4-5-16-14(9-13)11-29-24(30-16)31-17-12-34-8-6-15(17)28/h2-5,9-11,15,17H,6-8,12,28H2,1H3,(H,29,30,31)/b3-2+/t15-,17+/m0/s1. The molecule has 0 saturated carbocycles. The highest BCUT2D eigenvalue weighted by molar-refractivity contribution is 6.66. The molecule has 8 nitrogen and oxygen atoms in total. The molecule has 1 aliphatic rings. The molecule has 11 heteroatoms. The van der Waals surface area contributed by atoms with Gasteiger partial charge in [0.05, 0.1) is 35.3 Å². The maximum atomic E-state index is 10.9. The molecule has 2 heterocycles. The number of hydrogen-bond donors (Lipinski definition) is 2. The van der Waals surface area contributed by atoms with Crippen LogP contribution in [0, 0.1) is 0 Å². The Kier molecular flexibility index (Phi) is 8.30. The number of aromatic nitrogens is 2. The van der Waals surface area contributed by atoms with Gasteiger partial charge in [-0.1, -0.05) is 29.3 Å².